The Morgan fingerprint density at radius 3 is 1.52 bits per heavy atom. The molecule has 0 radical (unpaired) electrons. The minimum Gasteiger partial charge on any atom is -0.395 e. The van der Waals surface area contributed by atoms with Crippen molar-refractivity contribution in [3.05, 3.63) is 71.8 Å². The fourth-order valence-electron chi connectivity index (χ4n) is 2.40. The molecule has 0 saturated heterocycles. The standard InChI is InChI=1S/C19H25ClO2Si/c1-16(18-9-5-3-6-10-18)13-21-23(15-20)22-14-17(2)19-11-7-4-8-12-19/h3-12,16-17,23H,13-15H2,1-2H3. The largest absolute Gasteiger partial charge is 0.395 e. The van der Waals surface area contributed by atoms with Crippen molar-refractivity contribution < 1.29 is 8.85 Å². The van der Waals surface area contributed by atoms with Gasteiger partial charge in [-0.2, -0.15) is 0 Å². The number of rotatable bonds is 9. The maximum absolute atomic E-state index is 6.04. The summed E-state index contributed by atoms with van der Waals surface area (Å²) in [6, 6.07) is 20.8. The summed E-state index contributed by atoms with van der Waals surface area (Å²) in [6.07, 6.45) is 0. The van der Waals surface area contributed by atoms with Gasteiger partial charge in [0.15, 0.2) is 0 Å². The molecule has 0 bridgehead atoms. The van der Waals surface area contributed by atoms with Crippen LogP contribution in [0.4, 0.5) is 0 Å². The zero-order valence-corrected chi connectivity index (χ0v) is 15.7. The van der Waals surface area contributed by atoms with E-state index < -0.39 is 9.28 Å². The second kappa shape index (κ2) is 9.88. The first kappa shape index (κ1) is 18.2. The maximum Gasteiger partial charge on any atom is 0.336 e. The molecule has 0 N–H and O–H groups in total. The highest BCUT2D eigenvalue weighted by Crippen LogP contribution is 2.17. The van der Waals surface area contributed by atoms with E-state index in [4.69, 9.17) is 20.5 Å². The van der Waals surface area contributed by atoms with E-state index in [2.05, 4.69) is 62.4 Å². The van der Waals surface area contributed by atoms with Gasteiger partial charge >= 0.3 is 9.28 Å². The van der Waals surface area contributed by atoms with Crippen molar-refractivity contribution in [2.45, 2.75) is 25.7 Å². The molecule has 0 spiro atoms. The normalized spacial score (nSPS) is 15.1. The predicted molar refractivity (Wildman–Crippen MR) is 99.5 cm³/mol. The number of benzene rings is 2. The summed E-state index contributed by atoms with van der Waals surface area (Å²) in [7, 11) is -1.81. The van der Waals surface area contributed by atoms with Gasteiger partial charge in [-0.25, -0.2) is 0 Å². The third-order valence-electron chi connectivity index (χ3n) is 3.93. The third-order valence-corrected chi connectivity index (χ3v) is 6.06. The summed E-state index contributed by atoms with van der Waals surface area (Å²) >= 11 is 6.04. The smallest absolute Gasteiger partial charge is 0.336 e. The highest BCUT2D eigenvalue weighted by molar-refractivity contribution is 6.56. The van der Waals surface area contributed by atoms with Crippen LogP contribution in [0.25, 0.3) is 0 Å². The minimum atomic E-state index is -1.81. The average molecular weight is 349 g/mol. The molecule has 2 atom stereocenters. The van der Waals surface area contributed by atoms with E-state index in [0.717, 1.165) is 0 Å². The van der Waals surface area contributed by atoms with Gasteiger partial charge in [-0.1, -0.05) is 74.5 Å². The van der Waals surface area contributed by atoms with Crippen molar-refractivity contribution in [3.63, 3.8) is 0 Å². The predicted octanol–water partition coefficient (Wildman–Crippen LogP) is 4.63. The van der Waals surface area contributed by atoms with Gasteiger partial charge in [0.1, 0.15) is 0 Å². The Kier molecular flexibility index (Phi) is 7.82. The number of hydrogen-bond acceptors (Lipinski definition) is 2. The average Bonchev–Trinajstić information content (AvgIpc) is 2.62. The number of alkyl halides is 1. The topological polar surface area (TPSA) is 18.5 Å². The lowest BCUT2D eigenvalue weighted by molar-refractivity contribution is 0.185. The summed E-state index contributed by atoms with van der Waals surface area (Å²) in [5.74, 6) is 0.703. The lowest BCUT2D eigenvalue weighted by Gasteiger charge is -2.20. The molecule has 0 fully saturated rings. The van der Waals surface area contributed by atoms with Gasteiger partial charge in [0, 0.05) is 25.0 Å². The van der Waals surface area contributed by atoms with E-state index in [-0.39, 0.29) is 0 Å². The van der Waals surface area contributed by atoms with Crippen LogP contribution < -0.4 is 0 Å². The van der Waals surface area contributed by atoms with Gasteiger partial charge in [-0.15, -0.1) is 11.6 Å². The fourth-order valence-corrected chi connectivity index (χ4v) is 4.21. The van der Waals surface area contributed by atoms with Gasteiger partial charge < -0.3 is 8.85 Å². The van der Waals surface area contributed by atoms with Crippen LogP contribution in [-0.4, -0.2) is 28.0 Å². The van der Waals surface area contributed by atoms with Gasteiger partial charge in [0.05, 0.1) is 5.50 Å². The van der Waals surface area contributed by atoms with Crippen LogP contribution in [0.1, 0.15) is 36.8 Å². The van der Waals surface area contributed by atoms with Crippen molar-refractivity contribution in [3.8, 4) is 0 Å². The quantitative estimate of drug-likeness (QED) is 0.486. The Hall–Kier alpha value is -1.13. The lowest BCUT2D eigenvalue weighted by Crippen LogP contribution is -2.29. The number of hydrogen-bond donors (Lipinski definition) is 0. The van der Waals surface area contributed by atoms with Crippen LogP contribution in [0.15, 0.2) is 60.7 Å². The molecule has 2 aromatic carbocycles. The molecule has 0 aliphatic rings. The zero-order valence-electron chi connectivity index (χ0n) is 13.8. The minimum absolute atomic E-state index is 0.351. The van der Waals surface area contributed by atoms with Crippen LogP contribution in [0.5, 0.6) is 0 Å². The Morgan fingerprint density at radius 2 is 1.17 bits per heavy atom. The molecule has 0 aliphatic heterocycles. The Morgan fingerprint density at radius 1 is 0.783 bits per heavy atom. The molecule has 4 heteroatoms. The molecule has 0 aromatic heterocycles. The van der Waals surface area contributed by atoms with Crippen LogP contribution >= 0.6 is 11.6 Å². The third kappa shape index (κ3) is 6.11. The molecule has 0 heterocycles. The van der Waals surface area contributed by atoms with E-state index in [1.165, 1.54) is 11.1 Å². The molecule has 124 valence electrons. The van der Waals surface area contributed by atoms with Crippen molar-refractivity contribution in [1.29, 1.82) is 0 Å². The molecule has 23 heavy (non-hydrogen) atoms. The number of halogens is 1. The molecule has 2 rings (SSSR count). The van der Waals surface area contributed by atoms with Gasteiger partial charge in [-0.3, -0.25) is 0 Å². The first-order valence-electron chi connectivity index (χ1n) is 8.09. The summed E-state index contributed by atoms with van der Waals surface area (Å²) in [5, 5.41) is 0. The molecule has 2 aromatic rings. The Bertz CT molecular complexity index is 500. The fraction of sp³-hybridized carbons (Fsp3) is 0.368. The van der Waals surface area contributed by atoms with Crippen LogP contribution in [-0.2, 0) is 8.85 Å². The van der Waals surface area contributed by atoms with Crippen LogP contribution in [0, 0.1) is 0 Å². The molecule has 0 amide bonds. The summed E-state index contributed by atoms with van der Waals surface area (Å²) in [6.45, 7) is 5.66. The van der Waals surface area contributed by atoms with E-state index in [0.29, 0.717) is 30.6 Å². The molecular formula is C19H25ClO2Si. The first-order valence-corrected chi connectivity index (χ1v) is 10.4. The van der Waals surface area contributed by atoms with Gasteiger partial charge in [0.2, 0.25) is 0 Å². The Balaban J connectivity index is 1.77. The lowest BCUT2D eigenvalue weighted by atomic mass is 10.0. The first-order chi connectivity index (χ1) is 11.2. The van der Waals surface area contributed by atoms with Gasteiger partial charge in [0.25, 0.3) is 0 Å². The summed E-state index contributed by atoms with van der Waals surface area (Å²) < 4.78 is 12.0. The highest BCUT2D eigenvalue weighted by atomic mass is 35.5. The van der Waals surface area contributed by atoms with Crippen molar-refractivity contribution in [1.82, 2.24) is 0 Å². The summed E-state index contributed by atoms with van der Waals surface area (Å²) in [4.78, 5) is 0. The molecule has 2 unspecified atom stereocenters. The van der Waals surface area contributed by atoms with Gasteiger partial charge in [-0.05, 0) is 11.1 Å². The van der Waals surface area contributed by atoms with E-state index >= 15 is 0 Å². The van der Waals surface area contributed by atoms with Crippen LogP contribution in [0.3, 0.4) is 0 Å². The molecule has 0 saturated carbocycles. The van der Waals surface area contributed by atoms with Crippen molar-refractivity contribution in [2.75, 3.05) is 18.7 Å². The molecule has 0 aliphatic carbocycles. The SMILES string of the molecule is CC(CO[SiH](CCl)OCC(C)c1ccccc1)c1ccccc1. The molecule has 2 nitrogen and oxygen atoms in total. The second-order valence-electron chi connectivity index (χ2n) is 5.87. The zero-order chi connectivity index (χ0) is 16.5. The Labute approximate surface area is 146 Å². The summed E-state index contributed by atoms with van der Waals surface area (Å²) in [5.41, 5.74) is 3.04. The van der Waals surface area contributed by atoms with Crippen molar-refractivity contribution in [2.24, 2.45) is 0 Å². The maximum atomic E-state index is 6.04. The van der Waals surface area contributed by atoms with E-state index in [1.54, 1.807) is 0 Å². The monoisotopic (exact) mass is 348 g/mol. The van der Waals surface area contributed by atoms with E-state index in [1.807, 2.05) is 12.1 Å². The second-order valence-corrected chi connectivity index (χ2v) is 8.63. The highest BCUT2D eigenvalue weighted by Gasteiger charge is 2.16. The molecular weight excluding hydrogens is 324 g/mol. The van der Waals surface area contributed by atoms with Crippen LogP contribution in [0.2, 0.25) is 0 Å². The van der Waals surface area contributed by atoms with Crippen molar-refractivity contribution >= 4 is 20.9 Å². The van der Waals surface area contributed by atoms with E-state index in [9.17, 15) is 0 Å².